The molecule has 0 amide bonds. The lowest BCUT2D eigenvalue weighted by Gasteiger charge is -2.17. The molecule has 22 heavy (non-hydrogen) atoms. The number of rotatable bonds is 2. The van der Waals surface area contributed by atoms with Crippen molar-refractivity contribution in [1.29, 1.82) is 0 Å². The summed E-state index contributed by atoms with van der Waals surface area (Å²) in [6, 6.07) is 4.64. The van der Waals surface area contributed by atoms with Gasteiger partial charge < -0.3 is 4.42 Å². The van der Waals surface area contributed by atoms with E-state index in [4.69, 9.17) is 4.42 Å². The molecule has 1 aliphatic heterocycles. The third kappa shape index (κ3) is 1.95. The number of aryl methyl sites for hydroxylation is 1. The maximum absolute atomic E-state index is 12.8. The standard InChI is InChI=1S/C15H18N2O4S/c1-16-13-6-5-12(7-14(13)21-15(16)18)22(19,20)17-8-10-3-2-4-11(10)9-17/h5-7,10-11H,2-4,8-9H2,1H3. The normalized spacial score (nSPS) is 25.9. The van der Waals surface area contributed by atoms with Gasteiger partial charge in [0.05, 0.1) is 10.4 Å². The van der Waals surface area contributed by atoms with Gasteiger partial charge in [-0.25, -0.2) is 13.2 Å². The van der Waals surface area contributed by atoms with Crippen LogP contribution in [0, 0.1) is 11.8 Å². The van der Waals surface area contributed by atoms with Crippen LogP contribution in [0.15, 0.2) is 32.3 Å². The average Bonchev–Trinajstić information content (AvgIpc) is 3.13. The molecule has 2 aromatic rings. The van der Waals surface area contributed by atoms with Crippen molar-refractivity contribution in [3.05, 3.63) is 28.7 Å². The summed E-state index contributed by atoms with van der Waals surface area (Å²) in [7, 11) is -1.91. The predicted molar refractivity (Wildman–Crippen MR) is 81.0 cm³/mol. The van der Waals surface area contributed by atoms with Crippen molar-refractivity contribution in [2.75, 3.05) is 13.1 Å². The topological polar surface area (TPSA) is 72.5 Å². The van der Waals surface area contributed by atoms with Crippen LogP contribution in [0.25, 0.3) is 11.1 Å². The minimum absolute atomic E-state index is 0.203. The van der Waals surface area contributed by atoms with Crippen LogP contribution >= 0.6 is 0 Å². The summed E-state index contributed by atoms with van der Waals surface area (Å²) in [5.74, 6) is 0.529. The van der Waals surface area contributed by atoms with Crippen LogP contribution in [0.1, 0.15) is 19.3 Å². The summed E-state index contributed by atoms with van der Waals surface area (Å²) in [6.07, 6.45) is 3.47. The number of aromatic nitrogens is 1. The van der Waals surface area contributed by atoms with Crippen molar-refractivity contribution in [2.45, 2.75) is 24.2 Å². The Bertz CT molecular complexity index is 884. The number of fused-ring (bicyclic) bond motifs is 2. The smallest absolute Gasteiger partial charge is 0.408 e. The van der Waals surface area contributed by atoms with Crippen molar-refractivity contribution in [3.63, 3.8) is 0 Å². The lowest BCUT2D eigenvalue weighted by Crippen LogP contribution is -2.29. The lowest BCUT2D eigenvalue weighted by molar-refractivity contribution is 0.445. The van der Waals surface area contributed by atoms with E-state index in [9.17, 15) is 13.2 Å². The molecule has 0 radical (unpaired) electrons. The minimum Gasteiger partial charge on any atom is -0.408 e. The Hall–Kier alpha value is -1.60. The van der Waals surface area contributed by atoms with Crippen molar-refractivity contribution in [2.24, 2.45) is 18.9 Å². The highest BCUT2D eigenvalue weighted by atomic mass is 32.2. The molecular formula is C15H18N2O4S. The second-order valence-corrected chi connectivity index (χ2v) is 8.27. The molecule has 0 spiro atoms. The molecule has 2 unspecified atom stereocenters. The Morgan fingerprint density at radius 3 is 2.55 bits per heavy atom. The first-order valence-electron chi connectivity index (χ1n) is 7.56. The van der Waals surface area contributed by atoms with E-state index in [0.717, 1.165) is 12.8 Å². The molecular weight excluding hydrogens is 304 g/mol. The molecule has 2 atom stereocenters. The van der Waals surface area contributed by atoms with Gasteiger partial charge in [0.2, 0.25) is 10.0 Å². The molecule has 2 aliphatic rings. The zero-order valence-electron chi connectivity index (χ0n) is 12.4. The number of sulfonamides is 1. The number of hydrogen-bond donors (Lipinski definition) is 0. The Balaban J connectivity index is 1.72. The van der Waals surface area contributed by atoms with E-state index in [1.165, 1.54) is 17.1 Å². The predicted octanol–water partition coefficient (Wildman–Crippen LogP) is 1.55. The van der Waals surface area contributed by atoms with E-state index in [1.54, 1.807) is 23.5 Å². The fourth-order valence-electron chi connectivity index (χ4n) is 3.81. The first-order valence-corrected chi connectivity index (χ1v) is 9.00. The molecule has 1 saturated heterocycles. The Morgan fingerprint density at radius 1 is 1.18 bits per heavy atom. The minimum atomic E-state index is -3.51. The summed E-state index contributed by atoms with van der Waals surface area (Å²) in [5, 5.41) is 0. The number of nitrogens with zero attached hydrogens (tertiary/aromatic N) is 2. The van der Waals surface area contributed by atoms with Crippen LogP contribution in [0.5, 0.6) is 0 Å². The molecule has 1 aliphatic carbocycles. The summed E-state index contributed by atoms with van der Waals surface area (Å²) >= 11 is 0. The Morgan fingerprint density at radius 2 is 1.86 bits per heavy atom. The molecule has 0 bridgehead atoms. The average molecular weight is 322 g/mol. The molecule has 1 saturated carbocycles. The second-order valence-electron chi connectivity index (χ2n) is 6.33. The van der Waals surface area contributed by atoms with E-state index in [-0.39, 0.29) is 4.90 Å². The van der Waals surface area contributed by atoms with Gasteiger partial charge in [-0.2, -0.15) is 4.31 Å². The summed E-state index contributed by atoms with van der Waals surface area (Å²) in [5.41, 5.74) is 0.912. The zero-order valence-corrected chi connectivity index (χ0v) is 13.2. The monoisotopic (exact) mass is 322 g/mol. The highest BCUT2D eigenvalue weighted by Gasteiger charge is 2.41. The highest BCUT2D eigenvalue weighted by Crippen LogP contribution is 2.39. The van der Waals surface area contributed by atoms with Crippen molar-refractivity contribution in [1.82, 2.24) is 8.87 Å². The van der Waals surface area contributed by atoms with Crippen LogP contribution < -0.4 is 5.76 Å². The summed E-state index contributed by atoms with van der Waals surface area (Å²) < 4.78 is 33.7. The van der Waals surface area contributed by atoms with Gasteiger partial charge in [0.15, 0.2) is 5.58 Å². The quantitative estimate of drug-likeness (QED) is 0.841. The lowest BCUT2D eigenvalue weighted by atomic mass is 10.0. The first kappa shape index (κ1) is 14.0. The molecule has 7 heteroatoms. The van der Waals surface area contributed by atoms with Gasteiger partial charge in [-0.1, -0.05) is 6.42 Å². The van der Waals surface area contributed by atoms with Crippen molar-refractivity contribution < 1.29 is 12.8 Å². The van der Waals surface area contributed by atoms with E-state index in [2.05, 4.69) is 0 Å². The van der Waals surface area contributed by atoms with Gasteiger partial charge in [0.1, 0.15) is 0 Å². The van der Waals surface area contributed by atoms with Crippen LogP contribution in [-0.2, 0) is 17.1 Å². The van der Waals surface area contributed by atoms with Gasteiger partial charge in [-0.15, -0.1) is 0 Å². The molecule has 2 fully saturated rings. The number of hydrogen-bond acceptors (Lipinski definition) is 4. The number of oxazole rings is 1. The molecule has 4 rings (SSSR count). The van der Waals surface area contributed by atoms with Crippen LogP contribution in [0.2, 0.25) is 0 Å². The summed E-state index contributed by atoms with van der Waals surface area (Å²) in [4.78, 5) is 11.7. The van der Waals surface area contributed by atoms with Crippen molar-refractivity contribution >= 4 is 21.1 Å². The molecule has 2 heterocycles. The highest BCUT2D eigenvalue weighted by molar-refractivity contribution is 7.89. The van der Waals surface area contributed by atoms with E-state index in [0.29, 0.717) is 36.0 Å². The Labute approximate surface area is 128 Å². The van der Waals surface area contributed by atoms with Gasteiger partial charge >= 0.3 is 5.76 Å². The maximum atomic E-state index is 12.8. The van der Waals surface area contributed by atoms with Gasteiger partial charge in [-0.3, -0.25) is 4.57 Å². The largest absolute Gasteiger partial charge is 0.419 e. The van der Waals surface area contributed by atoms with Crippen molar-refractivity contribution in [3.8, 4) is 0 Å². The van der Waals surface area contributed by atoms with Crippen LogP contribution in [0.3, 0.4) is 0 Å². The second kappa shape index (κ2) is 4.70. The third-order valence-corrected chi connectivity index (χ3v) is 6.92. The molecule has 0 N–H and O–H groups in total. The molecule has 6 nitrogen and oxygen atoms in total. The first-order chi connectivity index (χ1) is 10.5. The maximum Gasteiger partial charge on any atom is 0.419 e. The third-order valence-electron chi connectivity index (χ3n) is 5.09. The van der Waals surface area contributed by atoms with Crippen LogP contribution in [-0.4, -0.2) is 30.4 Å². The molecule has 1 aromatic carbocycles. The van der Waals surface area contributed by atoms with Gasteiger partial charge in [-0.05, 0) is 36.8 Å². The summed E-state index contributed by atoms with van der Waals surface area (Å²) in [6.45, 7) is 1.23. The molecule has 118 valence electrons. The SMILES string of the molecule is Cn1c(=O)oc2cc(S(=O)(=O)N3CC4CCCC4C3)ccc21. The van der Waals surface area contributed by atoms with Gasteiger partial charge in [0, 0.05) is 26.2 Å². The van der Waals surface area contributed by atoms with Crippen LogP contribution in [0.4, 0.5) is 0 Å². The fraction of sp³-hybridized carbons (Fsp3) is 0.533. The Kier molecular flexibility index (Phi) is 2.99. The van der Waals surface area contributed by atoms with Gasteiger partial charge in [0.25, 0.3) is 0 Å². The zero-order chi connectivity index (χ0) is 15.5. The molecule has 1 aromatic heterocycles. The van der Waals surface area contributed by atoms with E-state index >= 15 is 0 Å². The van der Waals surface area contributed by atoms with E-state index < -0.39 is 15.8 Å². The van der Waals surface area contributed by atoms with E-state index in [1.807, 2.05) is 0 Å². The fourth-order valence-corrected chi connectivity index (χ4v) is 5.38. The number of benzene rings is 1.